The molecule has 0 aromatic rings. The van der Waals surface area contributed by atoms with Crippen LogP contribution >= 0.6 is 12.4 Å². The van der Waals surface area contributed by atoms with Gasteiger partial charge in [-0.25, -0.2) is 0 Å². The van der Waals surface area contributed by atoms with E-state index in [-0.39, 0.29) is 24.8 Å². The summed E-state index contributed by atoms with van der Waals surface area (Å²) in [6, 6.07) is 0.803. The fourth-order valence-electron chi connectivity index (χ4n) is 4.94. The first-order valence-corrected chi connectivity index (χ1v) is 17.2. The maximum Gasteiger partial charge on any atom is 0.0855 e. The lowest BCUT2D eigenvalue weighted by molar-refractivity contribution is -0.894. The van der Waals surface area contributed by atoms with E-state index in [4.69, 9.17) is 0 Å². The molecule has 0 aliphatic rings. The molecule has 0 aliphatic carbocycles. The minimum absolute atomic E-state index is 0. The molecule has 39 heavy (non-hydrogen) atoms. The Hall–Kier alpha value is 0.500. The molecule has 0 spiro atoms. The molecule has 0 fully saturated rings. The molecular weight excluding hydrogens is 519 g/mol. The maximum atomic E-state index is 2.39. The molecule has 2 nitrogen and oxygen atoms in total. The fraction of sp³-hybridized carbons (Fsp3) is 1.00. The van der Waals surface area contributed by atoms with Crippen LogP contribution < -0.4 is 12.4 Å². The summed E-state index contributed by atoms with van der Waals surface area (Å²) < 4.78 is 1.11. The predicted molar refractivity (Wildman–Crippen MR) is 180 cm³/mol. The van der Waals surface area contributed by atoms with Gasteiger partial charge < -0.3 is 21.8 Å². The standard InChI is InChI=1S/C21H46N.C14H31N.2ClH/c1-6-7-8-9-10-11-12-13-14-15-16-17-18-19-20-21(2)22(3,4)5;1-4-5-6-7-8-9-10-11-12-13-14-15(2)3;;/h21H,6-20H2,1-5H3;4-14H2,1-3H3;2*1H/q+1;;;/p-1. The Morgan fingerprint density at radius 3 is 0.974 bits per heavy atom. The van der Waals surface area contributed by atoms with E-state index >= 15 is 0 Å². The third-order valence-corrected chi connectivity index (χ3v) is 8.26. The Morgan fingerprint density at radius 1 is 0.462 bits per heavy atom. The molecule has 0 saturated heterocycles. The lowest BCUT2D eigenvalue weighted by Crippen LogP contribution is -3.00. The van der Waals surface area contributed by atoms with Crippen molar-refractivity contribution in [2.24, 2.45) is 0 Å². The SMILES string of the molecule is CCCCCCCCCCCCCCCCC(C)[N+](C)(C)C.CCCCCCCCCCCCN(C)C.Cl.[Cl-]. The van der Waals surface area contributed by atoms with Gasteiger partial charge in [0.1, 0.15) is 0 Å². The number of hydrogen-bond donors (Lipinski definition) is 0. The second kappa shape index (κ2) is 36.5. The number of unbranched alkanes of at least 4 members (excludes halogenated alkanes) is 22. The molecule has 0 amide bonds. The topological polar surface area (TPSA) is 3.24 Å². The van der Waals surface area contributed by atoms with Gasteiger partial charge in [0.05, 0.1) is 27.2 Å². The minimum atomic E-state index is 0. The van der Waals surface area contributed by atoms with Crippen LogP contribution in [0.2, 0.25) is 0 Å². The summed E-state index contributed by atoms with van der Waals surface area (Å²) in [4.78, 5) is 2.28. The van der Waals surface area contributed by atoms with Crippen molar-refractivity contribution in [2.75, 3.05) is 41.8 Å². The fourth-order valence-corrected chi connectivity index (χ4v) is 4.94. The summed E-state index contributed by atoms with van der Waals surface area (Å²) in [5, 5.41) is 0. The van der Waals surface area contributed by atoms with Crippen molar-refractivity contribution in [3.63, 3.8) is 0 Å². The first-order valence-electron chi connectivity index (χ1n) is 17.2. The van der Waals surface area contributed by atoms with Gasteiger partial charge in [-0.1, -0.05) is 155 Å². The van der Waals surface area contributed by atoms with Gasteiger partial charge in [-0.3, -0.25) is 0 Å². The van der Waals surface area contributed by atoms with Gasteiger partial charge in [0, 0.05) is 0 Å². The third kappa shape index (κ3) is 43.1. The highest BCUT2D eigenvalue weighted by Gasteiger charge is 2.16. The molecular formula is C35H78Cl2N2. The highest BCUT2D eigenvalue weighted by molar-refractivity contribution is 5.85. The largest absolute Gasteiger partial charge is 1.00 e. The minimum Gasteiger partial charge on any atom is -1.00 e. The van der Waals surface area contributed by atoms with E-state index in [1.165, 1.54) is 167 Å². The number of hydrogen-bond acceptors (Lipinski definition) is 1. The van der Waals surface area contributed by atoms with Crippen LogP contribution in [0.1, 0.15) is 181 Å². The van der Waals surface area contributed by atoms with Gasteiger partial charge in [0.15, 0.2) is 0 Å². The molecule has 0 aliphatic heterocycles. The number of halogens is 2. The number of nitrogens with zero attached hydrogens (tertiary/aromatic N) is 2. The lowest BCUT2D eigenvalue weighted by atomic mass is 10.0. The van der Waals surface area contributed by atoms with Crippen LogP contribution in [0.25, 0.3) is 0 Å². The summed E-state index contributed by atoms with van der Waals surface area (Å²) in [5.41, 5.74) is 0. The van der Waals surface area contributed by atoms with Crippen molar-refractivity contribution in [3.8, 4) is 0 Å². The van der Waals surface area contributed by atoms with Gasteiger partial charge in [-0.2, -0.15) is 0 Å². The zero-order chi connectivity index (χ0) is 28.0. The Bertz CT molecular complexity index is 410. The zero-order valence-electron chi connectivity index (χ0n) is 28.6. The van der Waals surface area contributed by atoms with E-state index in [1.54, 1.807) is 0 Å². The van der Waals surface area contributed by atoms with Gasteiger partial charge in [0.2, 0.25) is 0 Å². The van der Waals surface area contributed by atoms with E-state index < -0.39 is 0 Å². The highest BCUT2D eigenvalue weighted by atomic mass is 35.5. The maximum absolute atomic E-state index is 2.39. The Balaban J connectivity index is -0.000000318. The van der Waals surface area contributed by atoms with Crippen LogP contribution in [-0.4, -0.2) is 57.2 Å². The van der Waals surface area contributed by atoms with Crippen LogP contribution in [0, 0.1) is 0 Å². The second-order valence-corrected chi connectivity index (χ2v) is 13.3. The predicted octanol–water partition coefficient (Wildman–Crippen LogP) is 8.85. The van der Waals surface area contributed by atoms with Gasteiger partial charge in [-0.15, -0.1) is 12.4 Å². The molecule has 0 rings (SSSR count). The Morgan fingerprint density at radius 2 is 0.718 bits per heavy atom. The molecule has 0 bridgehead atoms. The quantitative estimate of drug-likeness (QED) is 0.0675. The highest BCUT2D eigenvalue weighted by Crippen LogP contribution is 2.15. The van der Waals surface area contributed by atoms with Crippen molar-refractivity contribution in [2.45, 2.75) is 187 Å². The van der Waals surface area contributed by atoms with Crippen molar-refractivity contribution < 1.29 is 16.9 Å². The lowest BCUT2D eigenvalue weighted by Gasteiger charge is -2.31. The molecule has 0 saturated carbocycles. The first-order chi connectivity index (χ1) is 17.8. The summed E-state index contributed by atoms with van der Waals surface area (Å²) in [7, 11) is 11.3. The Kier molecular flexibility index (Phi) is 43.5. The Labute approximate surface area is 262 Å². The van der Waals surface area contributed by atoms with Crippen molar-refractivity contribution in [3.05, 3.63) is 0 Å². The summed E-state index contributed by atoms with van der Waals surface area (Å²) in [6.45, 7) is 8.23. The average molecular weight is 598 g/mol. The van der Waals surface area contributed by atoms with Crippen LogP contribution in [0.3, 0.4) is 0 Å². The molecule has 1 unspecified atom stereocenters. The summed E-state index contributed by atoms with van der Waals surface area (Å²) in [5.74, 6) is 0. The monoisotopic (exact) mass is 597 g/mol. The van der Waals surface area contributed by atoms with E-state index in [9.17, 15) is 0 Å². The van der Waals surface area contributed by atoms with E-state index in [0.29, 0.717) is 0 Å². The van der Waals surface area contributed by atoms with Gasteiger partial charge >= 0.3 is 0 Å². The van der Waals surface area contributed by atoms with Crippen LogP contribution in [-0.2, 0) is 0 Å². The molecule has 0 heterocycles. The third-order valence-electron chi connectivity index (χ3n) is 8.26. The van der Waals surface area contributed by atoms with Gasteiger partial charge in [-0.05, 0) is 46.8 Å². The molecule has 0 aromatic carbocycles. The molecule has 4 heteroatoms. The van der Waals surface area contributed by atoms with E-state index in [0.717, 1.165) is 10.5 Å². The zero-order valence-corrected chi connectivity index (χ0v) is 30.2. The van der Waals surface area contributed by atoms with Crippen LogP contribution in [0.15, 0.2) is 0 Å². The molecule has 1 atom stereocenters. The van der Waals surface area contributed by atoms with Crippen LogP contribution in [0.5, 0.6) is 0 Å². The molecule has 0 N–H and O–H groups in total. The normalized spacial score (nSPS) is 11.9. The van der Waals surface area contributed by atoms with Crippen LogP contribution in [0.4, 0.5) is 0 Å². The molecule has 242 valence electrons. The van der Waals surface area contributed by atoms with Crippen molar-refractivity contribution in [1.29, 1.82) is 0 Å². The second-order valence-electron chi connectivity index (χ2n) is 13.3. The van der Waals surface area contributed by atoms with E-state index in [2.05, 4.69) is 60.9 Å². The summed E-state index contributed by atoms with van der Waals surface area (Å²) in [6.07, 6.45) is 36.1. The molecule has 0 aromatic heterocycles. The number of quaternary nitrogens is 1. The van der Waals surface area contributed by atoms with Gasteiger partial charge in [0.25, 0.3) is 0 Å². The number of rotatable bonds is 27. The first kappa shape index (κ1) is 46.5. The average Bonchev–Trinajstić information content (AvgIpc) is 2.85. The van der Waals surface area contributed by atoms with Crippen molar-refractivity contribution in [1.82, 2.24) is 4.90 Å². The van der Waals surface area contributed by atoms with E-state index in [1.807, 2.05) is 0 Å². The van der Waals surface area contributed by atoms with Crippen molar-refractivity contribution >= 4 is 12.4 Å². The smallest absolute Gasteiger partial charge is 0.0855 e. The molecule has 0 radical (unpaired) electrons. The summed E-state index contributed by atoms with van der Waals surface area (Å²) >= 11 is 0.